The molecule has 0 heterocycles. The number of aryl methyl sites for hydroxylation is 2. The molecule has 0 saturated heterocycles. The SMILES string of the molecule is Cc1ccc(CCCC(=O)N(C)N)c(C)c1C. The van der Waals surface area contributed by atoms with Crippen molar-refractivity contribution in [3.05, 3.63) is 34.4 Å². The van der Waals surface area contributed by atoms with Gasteiger partial charge in [0.2, 0.25) is 5.91 Å². The predicted octanol–water partition coefficient (Wildman–Crippen LogP) is 2.27. The lowest BCUT2D eigenvalue weighted by Crippen LogP contribution is -2.32. The molecule has 1 amide bonds. The van der Waals surface area contributed by atoms with Crippen LogP contribution in [0.3, 0.4) is 0 Å². The lowest BCUT2D eigenvalue weighted by atomic mass is 9.95. The van der Waals surface area contributed by atoms with Crippen molar-refractivity contribution in [2.45, 2.75) is 40.0 Å². The Labute approximate surface area is 104 Å². The Morgan fingerprint density at radius 3 is 2.47 bits per heavy atom. The van der Waals surface area contributed by atoms with E-state index in [1.165, 1.54) is 22.3 Å². The summed E-state index contributed by atoms with van der Waals surface area (Å²) in [6.45, 7) is 6.42. The first-order valence-corrected chi connectivity index (χ1v) is 6.00. The van der Waals surface area contributed by atoms with E-state index in [4.69, 9.17) is 5.84 Å². The third-order valence-electron chi connectivity index (χ3n) is 3.40. The molecule has 0 unspecified atom stereocenters. The van der Waals surface area contributed by atoms with E-state index in [0.29, 0.717) is 6.42 Å². The highest BCUT2D eigenvalue weighted by Gasteiger charge is 2.07. The normalized spacial score (nSPS) is 10.4. The molecule has 2 N–H and O–H groups in total. The Kier molecular flexibility index (Phi) is 4.70. The molecule has 0 saturated carbocycles. The van der Waals surface area contributed by atoms with Crippen molar-refractivity contribution in [2.24, 2.45) is 5.84 Å². The van der Waals surface area contributed by atoms with Gasteiger partial charge in [0.05, 0.1) is 0 Å². The highest BCUT2D eigenvalue weighted by atomic mass is 16.2. The molecular formula is C14H22N2O. The van der Waals surface area contributed by atoms with Crippen molar-refractivity contribution in [1.29, 1.82) is 0 Å². The molecule has 0 atom stereocenters. The minimum absolute atomic E-state index is 0.00788. The number of hydrazine groups is 1. The molecule has 0 spiro atoms. The third kappa shape index (κ3) is 3.56. The first kappa shape index (κ1) is 13.7. The Balaban J connectivity index is 2.59. The minimum atomic E-state index is -0.00788. The van der Waals surface area contributed by atoms with E-state index in [-0.39, 0.29) is 5.91 Å². The quantitative estimate of drug-likeness (QED) is 0.493. The topological polar surface area (TPSA) is 46.3 Å². The fraction of sp³-hybridized carbons (Fsp3) is 0.500. The van der Waals surface area contributed by atoms with Gasteiger partial charge in [0.1, 0.15) is 0 Å². The van der Waals surface area contributed by atoms with Gasteiger partial charge in [-0.05, 0) is 55.9 Å². The van der Waals surface area contributed by atoms with Gasteiger partial charge < -0.3 is 0 Å². The van der Waals surface area contributed by atoms with Crippen molar-refractivity contribution >= 4 is 5.91 Å². The second-order valence-corrected chi connectivity index (χ2v) is 4.65. The zero-order valence-corrected chi connectivity index (χ0v) is 11.2. The Hall–Kier alpha value is -1.35. The number of carbonyl (C=O) groups is 1. The molecule has 17 heavy (non-hydrogen) atoms. The zero-order valence-electron chi connectivity index (χ0n) is 11.2. The van der Waals surface area contributed by atoms with Gasteiger partial charge in [0.15, 0.2) is 0 Å². The number of hydrogen-bond donors (Lipinski definition) is 1. The molecule has 1 aromatic carbocycles. The fourth-order valence-corrected chi connectivity index (χ4v) is 1.89. The van der Waals surface area contributed by atoms with E-state index < -0.39 is 0 Å². The Morgan fingerprint density at radius 2 is 1.88 bits per heavy atom. The smallest absolute Gasteiger partial charge is 0.236 e. The summed E-state index contributed by atoms with van der Waals surface area (Å²) in [5.74, 6) is 5.37. The van der Waals surface area contributed by atoms with Crippen molar-refractivity contribution in [3.8, 4) is 0 Å². The van der Waals surface area contributed by atoms with E-state index in [2.05, 4.69) is 32.9 Å². The molecule has 0 radical (unpaired) electrons. The van der Waals surface area contributed by atoms with Gasteiger partial charge in [0.25, 0.3) is 0 Å². The summed E-state index contributed by atoms with van der Waals surface area (Å²) in [5.41, 5.74) is 5.35. The summed E-state index contributed by atoms with van der Waals surface area (Å²) in [4.78, 5) is 11.3. The van der Waals surface area contributed by atoms with E-state index in [1.54, 1.807) is 7.05 Å². The monoisotopic (exact) mass is 234 g/mol. The van der Waals surface area contributed by atoms with Gasteiger partial charge in [-0.15, -0.1) is 0 Å². The Bertz CT molecular complexity index is 411. The van der Waals surface area contributed by atoms with E-state index >= 15 is 0 Å². The zero-order chi connectivity index (χ0) is 13.0. The fourth-order valence-electron chi connectivity index (χ4n) is 1.89. The van der Waals surface area contributed by atoms with Crippen molar-refractivity contribution in [2.75, 3.05) is 7.05 Å². The molecule has 0 bridgehead atoms. The number of carbonyl (C=O) groups excluding carboxylic acids is 1. The predicted molar refractivity (Wildman–Crippen MR) is 70.5 cm³/mol. The Morgan fingerprint density at radius 1 is 1.24 bits per heavy atom. The largest absolute Gasteiger partial charge is 0.284 e. The summed E-state index contributed by atoms with van der Waals surface area (Å²) in [7, 11) is 1.59. The third-order valence-corrected chi connectivity index (χ3v) is 3.40. The summed E-state index contributed by atoms with van der Waals surface area (Å²) >= 11 is 0. The number of nitrogens with two attached hydrogens (primary N) is 1. The van der Waals surface area contributed by atoms with Crippen LogP contribution >= 0.6 is 0 Å². The van der Waals surface area contributed by atoms with Crippen LogP contribution in [-0.2, 0) is 11.2 Å². The second kappa shape index (κ2) is 5.82. The van der Waals surface area contributed by atoms with Gasteiger partial charge in [-0.25, -0.2) is 5.84 Å². The first-order valence-electron chi connectivity index (χ1n) is 6.00. The van der Waals surface area contributed by atoms with Crippen LogP contribution in [-0.4, -0.2) is 18.0 Å². The molecule has 0 fully saturated rings. The number of nitrogens with zero attached hydrogens (tertiary/aromatic N) is 1. The molecule has 1 aromatic rings. The molecule has 94 valence electrons. The molecule has 0 aliphatic rings. The van der Waals surface area contributed by atoms with Crippen LogP contribution in [0.25, 0.3) is 0 Å². The average molecular weight is 234 g/mol. The average Bonchev–Trinajstić information content (AvgIpc) is 2.28. The van der Waals surface area contributed by atoms with Gasteiger partial charge in [-0.2, -0.15) is 0 Å². The summed E-state index contributed by atoms with van der Waals surface area (Å²) in [5, 5.41) is 1.16. The van der Waals surface area contributed by atoms with Crippen LogP contribution in [0, 0.1) is 20.8 Å². The second-order valence-electron chi connectivity index (χ2n) is 4.65. The molecule has 0 aromatic heterocycles. The maximum Gasteiger partial charge on any atom is 0.236 e. The first-order chi connectivity index (χ1) is 7.93. The lowest BCUT2D eigenvalue weighted by molar-refractivity contribution is -0.130. The molecule has 3 heteroatoms. The van der Waals surface area contributed by atoms with Crippen LogP contribution in [0.4, 0.5) is 0 Å². The van der Waals surface area contributed by atoms with Crippen molar-refractivity contribution < 1.29 is 4.79 Å². The standard InChI is InChI=1S/C14H22N2O/c1-10-8-9-13(12(3)11(10)2)6-5-7-14(17)16(4)15/h8-9H,5-7,15H2,1-4H3. The van der Waals surface area contributed by atoms with Crippen molar-refractivity contribution in [1.82, 2.24) is 5.01 Å². The number of amides is 1. The minimum Gasteiger partial charge on any atom is -0.284 e. The van der Waals surface area contributed by atoms with Crippen LogP contribution < -0.4 is 5.84 Å². The molecule has 3 nitrogen and oxygen atoms in total. The van der Waals surface area contributed by atoms with Gasteiger partial charge in [0, 0.05) is 13.5 Å². The van der Waals surface area contributed by atoms with Crippen LogP contribution in [0.5, 0.6) is 0 Å². The van der Waals surface area contributed by atoms with Gasteiger partial charge in [-0.1, -0.05) is 12.1 Å². The highest BCUT2D eigenvalue weighted by molar-refractivity contribution is 5.75. The maximum absolute atomic E-state index is 11.3. The molecule has 1 rings (SSSR count). The highest BCUT2D eigenvalue weighted by Crippen LogP contribution is 2.18. The summed E-state index contributed by atoms with van der Waals surface area (Å²) in [6.07, 6.45) is 2.30. The van der Waals surface area contributed by atoms with Crippen molar-refractivity contribution in [3.63, 3.8) is 0 Å². The summed E-state index contributed by atoms with van der Waals surface area (Å²) < 4.78 is 0. The van der Waals surface area contributed by atoms with E-state index in [9.17, 15) is 4.79 Å². The van der Waals surface area contributed by atoms with Crippen LogP contribution in [0.15, 0.2) is 12.1 Å². The molecule has 0 aliphatic heterocycles. The molecular weight excluding hydrogens is 212 g/mol. The lowest BCUT2D eigenvalue weighted by Gasteiger charge is -2.12. The maximum atomic E-state index is 11.3. The van der Waals surface area contributed by atoms with E-state index in [0.717, 1.165) is 17.9 Å². The number of benzene rings is 1. The van der Waals surface area contributed by atoms with Crippen LogP contribution in [0.2, 0.25) is 0 Å². The van der Waals surface area contributed by atoms with E-state index in [1.807, 2.05) is 0 Å². The number of rotatable bonds is 4. The number of hydrogen-bond acceptors (Lipinski definition) is 2. The van der Waals surface area contributed by atoms with Gasteiger partial charge >= 0.3 is 0 Å². The van der Waals surface area contributed by atoms with Crippen LogP contribution in [0.1, 0.15) is 35.1 Å². The molecule has 0 aliphatic carbocycles. The summed E-state index contributed by atoms with van der Waals surface area (Å²) in [6, 6.07) is 4.31. The van der Waals surface area contributed by atoms with Gasteiger partial charge in [-0.3, -0.25) is 9.80 Å².